The molecule has 2 aliphatic heterocycles. The van der Waals surface area contributed by atoms with Gasteiger partial charge < -0.3 is 9.84 Å². The number of rotatable bonds is 4. The number of aliphatic hydroxyl groups is 1. The molecule has 0 bridgehead atoms. The molecule has 1 aromatic heterocycles. The summed E-state index contributed by atoms with van der Waals surface area (Å²) in [5, 5.41) is 14.5. The zero-order valence-corrected chi connectivity index (χ0v) is 15.1. The zero-order valence-electron chi connectivity index (χ0n) is 15.1. The molecule has 0 radical (unpaired) electrons. The van der Waals surface area contributed by atoms with Crippen molar-refractivity contribution in [2.45, 2.75) is 26.8 Å². The van der Waals surface area contributed by atoms with Crippen LogP contribution in [0.4, 0.5) is 0 Å². The lowest BCUT2D eigenvalue weighted by molar-refractivity contribution is -0.0561. The highest BCUT2D eigenvalue weighted by Crippen LogP contribution is 2.41. The van der Waals surface area contributed by atoms with E-state index in [1.807, 2.05) is 23.1 Å². The summed E-state index contributed by atoms with van der Waals surface area (Å²) < 4.78 is 7.66. The van der Waals surface area contributed by atoms with Crippen molar-refractivity contribution in [1.29, 1.82) is 0 Å². The topological polar surface area (TPSA) is 50.5 Å². The molecule has 4 rings (SSSR count). The van der Waals surface area contributed by atoms with E-state index in [4.69, 9.17) is 4.74 Å². The Bertz CT molecular complexity index is 744. The van der Waals surface area contributed by atoms with E-state index >= 15 is 0 Å². The van der Waals surface area contributed by atoms with Gasteiger partial charge in [-0.3, -0.25) is 4.90 Å². The number of hydrogen-bond donors (Lipinski definition) is 1. The van der Waals surface area contributed by atoms with Gasteiger partial charge in [0.25, 0.3) is 0 Å². The Morgan fingerprint density at radius 2 is 2.24 bits per heavy atom. The molecule has 1 N–H and O–H groups in total. The standard InChI is InChI=1S/C20H27N3O2/c1-15-8-16(2)18(19(9-15)23-6-3-5-21-23)11-22-10-17-4-7-25-14-20(17,12-22)13-24/h3,5-6,8-9,17,24H,4,7,10-14H2,1-2H3/t17-,20+/m0/s1. The first kappa shape index (κ1) is 16.8. The summed E-state index contributed by atoms with van der Waals surface area (Å²) in [7, 11) is 0. The summed E-state index contributed by atoms with van der Waals surface area (Å²) in [4.78, 5) is 2.49. The highest BCUT2D eigenvalue weighted by molar-refractivity contribution is 5.48. The van der Waals surface area contributed by atoms with Crippen molar-refractivity contribution in [2.75, 3.05) is 32.9 Å². The molecular weight excluding hydrogens is 314 g/mol. The molecule has 0 unspecified atom stereocenters. The second kappa shape index (κ2) is 6.56. The fraction of sp³-hybridized carbons (Fsp3) is 0.550. The second-order valence-corrected chi connectivity index (χ2v) is 7.76. The van der Waals surface area contributed by atoms with Crippen LogP contribution in [0.1, 0.15) is 23.1 Å². The maximum absolute atomic E-state index is 10.0. The Labute approximate surface area is 149 Å². The van der Waals surface area contributed by atoms with Crippen molar-refractivity contribution in [2.24, 2.45) is 11.3 Å². The van der Waals surface area contributed by atoms with Gasteiger partial charge in [0.05, 0.1) is 18.9 Å². The summed E-state index contributed by atoms with van der Waals surface area (Å²) in [6.07, 6.45) is 4.88. The van der Waals surface area contributed by atoms with Crippen LogP contribution in [0.5, 0.6) is 0 Å². The van der Waals surface area contributed by atoms with Gasteiger partial charge in [0.15, 0.2) is 0 Å². The fourth-order valence-corrected chi connectivity index (χ4v) is 4.57. The van der Waals surface area contributed by atoms with Gasteiger partial charge in [0.2, 0.25) is 0 Å². The van der Waals surface area contributed by atoms with E-state index in [0.29, 0.717) is 12.5 Å². The highest BCUT2D eigenvalue weighted by atomic mass is 16.5. The Morgan fingerprint density at radius 3 is 2.96 bits per heavy atom. The van der Waals surface area contributed by atoms with E-state index in [2.05, 4.69) is 36.0 Å². The Hall–Kier alpha value is -1.69. The molecule has 2 aliphatic rings. The molecule has 5 nitrogen and oxygen atoms in total. The predicted molar refractivity (Wildman–Crippen MR) is 96.8 cm³/mol. The Balaban J connectivity index is 1.63. The highest BCUT2D eigenvalue weighted by Gasteiger charge is 2.48. The van der Waals surface area contributed by atoms with Crippen LogP contribution >= 0.6 is 0 Å². The summed E-state index contributed by atoms with van der Waals surface area (Å²) >= 11 is 0. The fourth-order valence-electron chi connectivity index (χ4n) is 4.57. The van der Waals surface area contributed by atoms with E-state index in [0.717, 1.165) is 38.3 Å². The van der Waals surface area contributed by atoms with Crippen molar-refractivity contribution >= 4 is 0 Å². The van der Waals surface area contributed by atoms with Crippen LogP contribution < -0.4 is 0 Å². The van der Waals surface area contributed by atoms with Crippen LogP contribution in [0.15, 0.2) is 30.6 Å². The minimum Gasteiger partial charge on any atom is -0.396 e. The van der Waals surface area contributed by atoms with Crippen LogP contribution in [0.2, 0.25) is 0 Å². The third kappa shape index (κ3) is 3.01. The molecule has 1 aromatic carbocycles. The molecule has 3 heterocycles. The minimum absolute atomic E-state index is 0.0806. The van der Waals surface area contributed by atoms with Crippen LogP contribution in [0.3, 0.4) is 0 Å². The third-order valence-corrected chi connectivity index (χ3v) is 5.92. The molecule has 2 saturated heterocycles. The minimum atomic E-state index is -0.0806. The summed E-state index contributed by atoms with van der Waals surface area (Å²) in [6.45, 7) is 8.87. The molecule has 134 valence electrons. The predicted octanol–water partition coefficient (Wildman–Crippen LogP) is 2.32. The zero-order chi connectivity index (χ0) is 17.4. The number of aromatic nitrogens is 2. The van der Waals surface area contributed by atoms with Gasteiger partial charge in [0.1, 0.15) is 0 Å². The molecule has 0 spiro atoms. The molecule has 5 heteroatoms. The third-order valence-electron chi connectivity index (χ3n) is 5.92. The number of aryl methyl sites for hydroxylation is 2. The Morgan fingerprint density at radius 1 is 1.36 bits per heavy atom. The van der Waals surface area contributed by atoms with Gasteiger partial charge in [-0.25, -0.2) is 4.68 Å². The smallest absolute Gasteiger partial charge is 0.0695 e. The van der Waals surface area contributed by atoms with Crippen LogP contribution in [-0.4, -0.2) is 52.7 Å². The van der Waals surface area contributed by atoms with Crippen molar-refractivity contribution in [1.82, 2.24) is 14.7 Å². The molecule has 0 saturated carbocycles. The lowest BCUT2D eigenvalue weighted by Crippen LogP contribution is -2.42. The maximum atomic E-state index is 10.0. The van der Waals surface area contributed by atoms with E-state index < -0.39 is 0 Å². The van der Waals surface area contributed by atoms with Crippen molar-refractivity contribution in [3.63, 3.8) is 0 Å². The van der Waals surface area contributed by atoms with E-state index in [9.17, 15) is 5.11 Å². The van der Waals surface area contributed by atoms with Crippen LogP contribution in [-0.2, 0) is 11.3 Å². The number of benzene rings is 1. The van der Waals surface area contributed by atoms with E-state index in [-0.39, 0.29) is 12.0 Å². The second-order valence-electron chi connectivity index (χ2n) is 7.76. The monoisotopic (exact) mass is 341 g/mol. The van der Waals surface area contributed by atoms with Crippen LogP contribution in [0, 0.1) is 25.2 Å². The lowest BCUT2D eigenvalue weighted by atomic mass is 9.76. The number of fused-ring (bicyclic) bond motifs is 1. The normalized spacial score (nSPS) is 26.8. The molecule has 2 aromatic rings. The van der Waals surface area contributed by atoms with Crippen molar-refractivity contribution in [3.05, 3.63) is 47.3 Å². The first-order valence-corrected chi connectivity index (χ1v) is 9.12. The summed E-state index contributed by atoms with van der Waals surface area (Å²) in [6, 6.07) is 6.42. The summed E-state index contributed by atoms with van der Waals surface area (Å²) in [5.41, 5.74) is 4.95. The number of likely N-dealkylation sites (tertiary alicyclic amines) is 1. The first-order chi connectivity index (χ1) is 12.1. The van der Waals surface area contributed by atoms with E-state index in [1.54, 1.807) is 0 Å². The lowest BCUT2D eigenvalue weighted by Gasteiger charge is -2.36. The quantitative estimate of drug-likeness (QED) is 0.927. The van der Waals surface area contributed by atoms with Gasteiger partial charge in [-0.1, -0.05) is 6.07 Å². The van der Waals surface area contributed by atoms with Crippen molar-refractivity contribution in [3.8, 4) is 5.69 Å². The molecule has 25 heavy (non-hydrogen) atoms. The Kier molecular flexibility index (Phi) is 4.40. The number of hydrogen-bond acceptors (Lipinski definition) is 4. The molecule has 0 aliphatic carbocycles. The average Bonchev–Trinajstić information content (AvgIpc) is 3.24. The van der Waals surface area contributed by atoms with Crippen LogP contribution in [0.25, 0.3) is 5.69 Å². The van der Waals surface area contributed by atoms with E-state index in [1.165, 1.54) is 16.7 Å². The van der Waals surface area contributed by atoms with Gasteiger partial charge in [-0.2, -0.15) is 5.10 Å². The van der Waals surface area contributed by atoms with Crippen molar-refractivity contribution < 1.29 is 9.84 Å². The molecule has 2 fully saturated rings. The van der Waals surface area contributed by atoms with Gasteiger partial charge in [-0.15, -0.1) is 0 Å². The number of ether oxygens (including phenoxy) is 1. The first-order valence-electron chi connectivity index (χ1n) is 9.12. The molecule has 0 amide bonds. The number of aliphatic hydroxyl groups excluding tert-OH is 1. The van der Waals surface area contributed by atoms with Gasteiger partial charge in [0, 0.05) is 44.0 Å². The number of nitrogens with zero attached hydrogens (tertiary/aromatic N) is 3. The summed E-state index contributed by atoms with van der Waals surface area (Å²) in [5.74, 6) is 0.533. The largest absolute Gasteiger partial charge is 0.396 e. The van der Waals surface area contributed by atoms with Gasteiger partial charge in [-0.05, 0) is 55.0 Å². The average molecular weight is 341 g/mol. The maximum Gasteiger partial charge on any atom is 0.0695 e. The van der Waals surface area contributed by atoms with Gasteiger partial charge >= 0.3 is 0 Å². The SMILES string of the molecule is Cc1cc(C)c(CN2C[C@@H]3CCOC[C@]3(CO)C2)c(-n2cccn2)c1. The molecular formula is C20H27N3O2. The molecule has 2 atom stereocenters.